The molecule has 12 heavy (non-hydrogen) atoms. The van der Waals surface area contributed by atoms with Crippen LogP contribution in [-0.4, -0.2) is 26.3 Å². The van der Waals surface area contributed by atoms with Gasteiger partial charge < -0.3 is 5.11 Å². The number of carboxylic acid groups (broad SMARTS) is 1. The van der Waals surface area contributed by atoms with Crippen LogP contribution >= 0.6 is 12.2 Å². The van der Waals surface area contributed by atoms with Gasteiger partial charge in [0.25, 0.3) is 0 Å². The molecule has 0 unspecified atom stereocenters. The predicted octanol–water partition coefficient (Wildman–Crippen LogP) is -5.90. The summed E-state index contributed by atoms with van der Waals surface area (Å²) in [5.41, 5.74) is 0. The predicted molar refractivity (Wildman–Crippen MR) is 35.1 cm³/mol. The second-order valence-electron chi connectivity index (χ2n) is 1.68. The van der Waals surface area contributed by atoms with Crippen LogP contribution in [0.3, 0.4) is 0 Å². The van der Waals surface area contributed by atoms with Crippen molar-refractivity contribution in [2.75, 3.05) is 0 Å². The Balaban J connectivity index is 0. The SMILES string of the molecule is O=C(O)Cc1nc(=S)[nH][nH]1.[Na+].[Na+]. The molecule has 0 radical (unpaired) electrons. The zero-order valence-electron chi connectivity index (χ0n) is 6.92. The van der Waals surface area contributed by atoms with Crippen molar-refractivity contribution in [3.05, 3.63) is 10.6 Å². The summed E-state index contributed by atoms with van der Waals surface area (Å²) in [5.74, 6) is -0.588. The van der Waals surface area contributed by atoms with E-state index >= 15 is 0 Å². The van der Waals surface area contributed by atoms with Crippen LogP contribution in [0.1, 0.15) is 5.82 Å². The molecule has 0 spiro atoms. The molecule has 0 bridgehead atoms. The maximum Gasteiger partial charge on any atom is 1.00 e. The molecule has 0 saturated carbocycles. The van der Waals surface area contributed by atoms with Crippen molar-refractivity contribution >= 4 is 18.2 Å². The molecule has 0 aliphatic carbocycles. The van der Waals surface area contributed by atoms with Crippen LogP contribution in [0, 0.1) is 4.77 Å². The van der Waals surface area contributed by atoms with E-state index in [1.54, 1.807) is 0 Å². The van der Waals surface area contributed by atoms with Gasteiger partial charge in [-0.15, -0.1) is 0 Å². The van der Waals surface area contributed by atoms with E-state index in [4.69, 9.17) is 5.11 Å². The van der Waals surface area contributed by atoms with Crippen LogP contribution < -0.4 is 59.1 Å². The molecule has 0 aromatic carbocycles. The topological polar surface area (TPSA) is 81.8 Å². The van der Waals surface area contributed by atoms with Crippen molar-refractivity contribution in [2.24, 2.45) is 0 Å². The largest absolute Gasteiger partial charge is 1.00 e. The Hall–Kier alpha value is 0.830. The van der Waals surface area contributed by atoms with Gasteiger partial charge in [-0.1, -0.05) is 0 Å². The van der Waals surface area contributed by atoms with Gasteiger partial charge in [-0.2, -0.15) is 0 Å². The molecule has 0 fully saturated rings. The first kappa shape index (κ1) is 15.3. The van der Waals surface area contributed by atoms with Gasteiger partial charge >= 0.3 is 65.1 Å². The van der Waals surface area contributed by atoms with Crippen molar-refractivity contribution < 1.29 is 69.0 Å². The second kappa shape index (κ2) is 7.25. The summed E-state index contributed by atoms with van der Waals surface area (Å²) in [6.45, 7) is 0. The molecule has 1 aromatic rings. The average Bonchev–Trinajstić information content (AvgIpc) is 2.13. The number of rotatable bonds is 2. The van der Waals surface area contributed by atoms with Crippen LogP contribution in [0.25, 0.3) is 0 Å². The fourth-order valence-corrected chi connectivity index (χ4v) is 0.692. The molecule has 5 nitrogen and oxygen atoms in total. The average molecular weight is 205 g/mol. The van der Waals surface area contributed by atoms with E-state index in [9.17, 15) is 4.79 Å². The molecule has 1 rings (SSSR count). The summed E-state index contributed by atoms with van der Waals surface area (Å²) >= 11 is 4.59. The Morgan fingerprint density at radius 2 is 2.08 bits per heavy atom. The van der Waals surface area contributed by atoms with Gasteiger partial charge in [-0.25, -0.2) is 4.98 Å². The fourth-order valence-electron chi connectivity index (χ4n) is 0.531. The van der Waals surface area contributed by atoms with Crippen LogP contribution in [0.2, 0.25) is 0 Å². The Labute approximate surface area is 118 Å². The van der Waals surface area contributed by atoms with Crippen LogP contribution in [0.4, 0.5) is 0 Å². The molecule has 3 N–H and O–H groups in total. The van der Waals surface area contributed by atoms with E-state index in [1.165, 1.54) is 0 Å². The van der Waals surface area contributed by atoms with E-state index in [0.29, 0.717) is 5.82 Å². The summed E-state index contributed by atoms with van der Waals surface area (Å²) < 4.78 is 0.274. The molecular formula is C4H5N3Na2O2S+2. The van der Waals surface area contributed by atoms with E-state index in [-0.39, 0.29) is 70.3 Å². The maximum absolute atomic E-state index is 10.1. The van der Waals surface area contributed by atoms with Gasteiger partial charge in [-0.3, -0.25) is 15.0 Å². The fraction of sp³-hybridized carbons (Fsp3) is 0.250. The number of carboxylic acids is 1. The van der Waals surface area contributed by atoms with Gasteiger partial charge in [0.05, 0.1) is 0 Å². The molecule has 0 aliphatic rings. The number of H-pyrrole nitrogens is 2. The minimum atomic E-state index is -0.933. The van der Waals surface area contributed by atoms with Crippen molar-refractivity contribution in [2.45, 2.75) is 6.42 Å². The number of aliphatic carboxylic acids is 1. The molecule has 0 saturated heterocycles. The van der Waals surface area contributed by atoms with Crippen molar-refractivity contribution in [1.82, 2.24) is 15.2 Å². The number of hydrogen-bond donors (Lipinski definition) is 3. The molecule has 0 aliphatic heterocycles. The van der Waals surface area contributed by atoms with Crippen LogP contribution in [-0.2, 0) is 11.2 Å². The molecular weight excluding hydrogens is 200 g/mol. The minimum Gasteiger partial charge on any atom is -0.481 e. The van der Waals surface area contributed by atoms with E-state index in [2.05, 4.69) is 27.4 Å². The van der Waals surface area contributed by atoms with Gasteiger partial charge in [0.2, 0.25) is 4.77 Å². The third-order valence-corrected chi connectivity index (χ3v) is 1.06. The van der Waals surface area contributed by atoms with Gasteiger partial charge in [0, 0.05) is 0 Å². The number of nitrogens with zero attached hydrogens (tertiary/aromatic N) is 1. The third kappa shape index (κ3) is 5.47. The van der Waals surface area contributed by atoms with Crippen LogP contribution in [0.5, 0.6) is 0 Å². The first-order valence-electron chi connectivity index (χ1n) is 2.54. The molecule has 54 valence electrons. The smallest absolute Gasteiger partial charge is 0.481 e. The van der Waals surface area contributed by atoms with Crippen LogP contribution in [0.15, 0.2) is 0 Å². The monoisotopic (exact) mass is 205 g/mol. The van der Waals surface area contributed by atoms with E-state index in [0.717, 1.165) is 0 Å². The normalized spacial score (nSPS) is 8.00. The molecule has 1 aromatic heterocycles. The van der Waals surface area contributed by atoms with Gasteiger partial charge in [0.15, 0.2) is 0 Å². The first-order valence-corrected chi connectivity index (χ1v) is 2.94. The molecule has 0 amide bonds. The maximum atomic E-state index is 10.1. The van der Waals surface area contributed by atoms with Crippen molar-refractivity contribution in [3.8, 4) is 0 Å². The summed E-state index contributed by atoms with van der Waals surface area (Å²) in [6.07, 6.45) is -0.132. The molecule has 1 heterocycles. The van der Waals surface area contributed by atoms with Gasteiger partial charge in [0.1, 0.15) is 12.2 Å². The summed E-state index contributed by atoms with van der Waals surface area (Å²) in [4.78, 5) is 13.7. The minimum absolute atomic E-state index is 0. The van der Waals surface area contributed by atoms with E-state index < -0.39 is 5.97 Å². The quantitative estimate of drug-likeness (QED) is 0.332. The number of aromatic amines is 2. The summed E-state index contributed by atoms with van der Waals surface area (Å²) in [5, 5.41) is 13.3. The number of nitrogens with one attached hydrogen (secondary N) is 2. The third-order valence-electron chi connectivity index (χ3n) is 0.869. The number of carbonyl (C=O) groups is 1. The molecule has 0 atom stereocenters. The molecule has 8 heteroatoms. The Bertz CT molecular complexity index is 296. The Kier molecular flexibility index (Phi) is 9.25. The standard InChI is InChI=1S/C4H5N3O2S.2Na/c8-3(9)1-2-5-4(10)7-6-2;;/h1H2,(H,8,9)(H2,5,6,7,10);;/q;2*+1. The second-order valence-corrected chi connectivity index (χ2v) is 2.07. The zero-order chi connectivity index (χ0) is 7.56. The number of hydrogen-bond acceptors (Lipinski definition) is 3. The Morgan fingerprint density at radius 1 is 1.50 bits per heavy atom. The summed E-state index contributed by atoms with van der Waals surface area (Å²) in [7, 11) is 0. The van der Waals surface area contributed by atoms with E-state index in [1.807, 2.05) is 0 Å². The summed E-state index contributed by atoms with van der Waals surface area (Å²) in [6, 6.07) is 0. The van der Waals surface area contributed by atoms with Crippen molar-refractivity contribution in [1.29, 1.82) is 0 Å². The first-order chi connectivity index (χ1) is 4.68. The Morgan fingerprint density at radius 3 is 2.42 bits per heavy atom. The van der Waals surface area contributed by atoms with Gasteiger partial charge in [-0.05, 0) is 12.2 Å². The number of aromatic nitrogens is 3. The zero-order valence-corrected chi connectivity index (χ0v) is 11.7. The van der Waals surface area contributed by atoms with Crippen molar-refractivity contribution in [3.63, 3.8) is 0 Å².